The first kappa shape index (κ1) is 21.6. The SMILES string of the molecule is C[C@H](F)[C@H]1COC(=O)N1c1ccnc(NC2(c3cn(-c4ccc(F)c(Cl)c4)cn3)CCC2)n1. The maximum atomic E-state index is 14.0. The largest absolute Gasteiger partial charge is 0.447 e. The number of amides is 1. The predicted octanol–water partition coefficient (Wildman–Crippen LogP) is 4.63. The highest BCUT2D eigenvalue weighted by Gasteiger charge is 2.42. The van der Waals surface area contributed by atoms with E-state index in [4.69, 9.17) is 16.3 Å². The molecule has 2 aromatic heterocycles. The highest BCUT2D eigenvalue weighted by molar-refractivity contribution is 6.30. The van der Waals surface area contributed by atoms with Gasteiger partial charge in [-0.1, -0.05) is 11.6 Å². The molecule has 5 rings (SSSR count). The van der Waals surface area contributed by atoms with E-state index in [2.05, 4.69) is 20.3 Å². The molecule has 1 amide bonds. The number of nitrogens with one attached hydrogen (secondary N) is 1. The zero-order valence-corrected chi connectivity index (χ0v) is 18.5. The molecule has 0 radical (unpaired) electrons. The number of carbonyl (C=O) groups excluding carboxylic acids is 1. The minimum Gasteiger partial charge on any atom is -0.447 e. The van der Waals surface area contributed by atoms with E-state index in [1.807, 2.05) is 6.20 Å². The summed E-state index contributed by atoms with van der Waals surface area (Å²) in [4.78, 5) is 26.7. The number of rotatable bonds is 6. The molecule has 1 aromatic carbocycles. The Morgan fingerprint density at radius 3 is 2.82 bits per heavy atom. The summed E-state index contributed by atoms with van der Waals surface area (Å²) in [6, 6.07) is 5.28. The lowest BCUT2D eigenvalue weighted by Gasteiger charge is -2.41. The number of hydrogen-bond acceptors (Lipinski definition) is 6. The Labute approximate surface area is 193 Å². The number of nitrogens with zero attached hydrogens (tertiary/aromatic N) is 5. The van der Waals surface area contributed by atoms with Gasteiger partial charge in [-0.25, -0.2) is 23.5 Å². The van der Waals surface area contributed by atoms with Gasteiger partial charge in [0.05, 0.1) is 22.6 Å². The summed E-state index contributed by atoms with van der Waals surface area (Å²) < 4.78 is 34.3. The van der Waals surface area contributed by atoms with Crippen LogP contribution in [-0.4, -0.2) is 44.4 Å². The molecule has 1 saturated heterocycles. The molecule has 2 fully saturated rings. The van der Waals surface area contributed by atoms with Crippen molar-refractivity contribution in [2.75, 3.05) is 16.8 Å². The number of cyclic esters (lactones) is 1. The van der Waals surface area contributed by atoms with Crippen molar-refractivity contribution in [2.24, 2.45) is 0 Å². The molecule has 1 aliphatic carbocycles. The number of anilines is 2. The van der Waals surface area contributed by atoms with Gasteiger partial charge in [0.2, 0.25) is 5.95 Å². The number of halogens is 3. The van der Waals surface area contributed by atoms with Gasteiger partial charge in [-0.3, -0.25) is 4.90 Å². The van der Waals surface area contributed by atoms with Crippen molar-refractivity contribution in [3.8, 4) is 5.69 Å². The third kappa shape index (κ3) is 3.88. The van der Waals surface area contributed by atoms with Gasteiger partial charge in [-0.15, -0.1) is 0 Å². The van der Waals surface area contributed by atoms with E-state index in [0.717, 1.165) is 25.0 Å². The van der Waals surface area contributed by atoms with Gasteiger partial charge in [0.15, 0.2) is 0 Å². The number of benzene rings is 1. The molecular formula is C22H21ClF2N6O2. The zero-order chi connectivity index (χ0) is 23.2. The van der Waals surface area contributed by atoms with Crippen molar-refractivity contribution in [3.05, 3.63) is 59.5 Å². The van der Waals surface area contributed by atoms with Crippen LogP contribution >= 0.6 is 11.6 Å². The Bertz CT molecular complexity index is 1200. The Balaban J connectivity index is 1.41. The van der Waals surface area contributed by atoms with E-state index in [1.165, 1.54) is 30.2 Å². The van der Waals surface area contributed by atoms with Crippen molar-refractivity contribution in [3.63, 3.8) is 0 Å². The molecule has 2 atom stereocenters. The van der Waals surface area contributed by atoms with Crippen LogP contribution in [0.2, 0.25) is 5.02 Å². The van der Waals surface area contributed by atoms with Gasteiger partial charge in [-0.05, 0) is 50.5 Å². The van der Waals surface area contributed by atoms with Gasteiger partial charge in [0.25, 0.3) is 0 Å². The van der Waals surface area contributed by atoms with Gasteiger partial charge in [-0.2, -0.15) is 4.98 Å². The molecule has 3 heterocycles. The molecule has 1 N–H and O–H groups in total. The predicted molar refractivity (Wildman–Crippen MR) is 118 cm³/mol. The number of aromatic nitrogens is 4. The lowest BCUT2D eigenvalue weighted by atomic mass is 9.74. The van der Waals surface area contributed by atoms with E-state index in [-0.39, 0.29) is 17.4 Å². The number of ether oxygens (including phenoxy) is 1. The molecule has 3 aromatic rings. The fourth-order valence-corrected chi connectivity index (χ4v) is 4.30. The molecule has 0 spiro atoms. The summed E-state index contributed by atoms with van der Waals surface area (Å²) >= 11 is 5.92. The molecule has 11 heteroatoms. The fourth-order valence-electron chi connectivity index (χ4n) is 4.13. The Morgan fingerprint density at radius 2 is 2.12 bits per heavy atom. The summed E-state index contributed by atoms with van der Waals surface area (Å²) in [5, 5.41) is 3.39. The van der Waals surface area contributed by atoms with E-state index in [0.29, 0.717) is 11.6 Å². The van der Waals surface area contributed by atoms with Gasteiger partial charge >= 0.3 is 6.09 Å². The second-order valence-electron chi connectivity index (χ2n) is 8.26. The molecule has 1 saturated carbocycles. The first-order chi connectivity index (χ1) is 15.9. The first-order valence-electron chi connectivity index (χ1n) is 10.6. The Hall–Kier alpha value is -3.27. The Kier molecular flexibility index (Phi) is 5.40. The van der Waals surface area contributed by atoms with Gasteiger partial charge < -0.3 is 14.6 Å². The highest BCUT2D eigenvalue weighted by atomic mass is 35.5. The minimum atomic E-state index is -1.27. The van der Waals surface area contributed by atoms with Crippen LogP contribution < -0.4 is 10.2 Å². The van der Waals surface area contributed by atoms with Crippen molar-refractivity contribution < 1.29 is 18.3 Å². The summed E-state index contributed by atoms with van der Waals surface area (Å²) in [5.41, 5.74) is 0.970. The lowest BCUT2D eigenvalue weighted by Crippen LogP contribution is -2.43. The first-order valence-corrected chi connectivity index (χ1v) is 11.0. The van der Waals surface area contributed by atoms with Crippen LogP contribution in [-0.2, 0) is 10.3 Å². The molecule has 1 aliphatic heterocycles. The molecular weight excluding hydrogens is 454 g/mol. The van der Waals surface area contributed by atoms with Gasteiger partial charge in [0.1, 0.15) is 30.5 Å². The maximum absolute atomic E-state index is 14.0. The number of carbonyl (C=O) groups is 1. The van der Waals surface area contributed by atoms with E-state index in [1.54, 1.807) is 23.0 Å². The third-order valence-corrected chi connectivity index (χ3v) is 6.45. The lowest BCUT2D eigenvalue weighted by molar-refractivity contribution is 0.174. The maximum Gasteiger partial charge on any atom is 0.416 e. The highest BCUT2D eigenvalue weighted by Crippen LogP contribution is 2.43. The molecule has 0 unspecified atom stereocenters. The number of hydrogen-bond donors (Lipinski definition) is 1. The number of imidazole rings is 1. The second kappa shape index (κ2) is 8.26. The van der Waals surface area contributed by atoms with Crippen LogP contribution in [0.1, 0.15) is 31.9 Å². The number of alkyl halides is 1. The average Bonchev–Trinajstić information content (AvgIpc) is 3.40. The zero-order valence-electron chi connectivity index (χ0n) is 17.7. The van der Waals surface area contributed by atoms with Crippen LogP contribution in [0.25, 0.3) is 5.69 Å². The van der Waals surface area contributed by atoms with Crippen molar-refractivity contribution in [1.82, 2.24) is 19.5 Å². The fraction of sp³-hybridized carbons (Fsp3) is 0.364. The summed E-state index contributed by atoms with van der Waals surface area (Å²) in [6.07, 6.45) is 5.71. The van der Waals surface area contributed by atoms with E-state index in [9.17, 15) is 13.6 Å². The Morgan fingerprint density at radius 1 is 1.30 bits per heavy atom. The minimum absolute atomic E-state index is 0.0297. The molecule has 33 heavy (non-hydrogen) atoms. The standard InChI is InChI=1S/C22H21ClF2N6O2/c1-13(24)17-11-33-21(32)31(17)19-5-8-26-20(28-19)29-22(6-2-7-22)18-10-30(12-27-18)14-3-4-16(25)15(23)9-14/h3-5,8-10,12-13,17H,2,6-7,11H2,1H3,(H,26,28,29)/t13-,17+/m0/s1. The quantitative estimate of drug-likeness (QED) is 0.560. The molecule has 172 valence electrons. The molecule has 8 nitrogen and oxygen atoms in total. The summed E-state index contributed by atoms with van der Waals surface area (Å²) in [5.74, 6) is 0.0863. The van der Waals surface area contributed by atoms with E-state index >= 15 is 0 Å². The van der Waals surface area contributed by atoms with Crippen LogP contribution in [0.5, 0.6) is 0 Å². The monoisotopic (exact) mass is 474 g/mol. The summed E-state index contributed by atoms with van der Waals surface area (Å²) in [6.45, 7) is 1.35. The van der Waals surface area contributed by atoms with Crippen LogP contribution in [0.3, 0.4) is 0 Å². The van der Waals surface area contributed by atoms with Crippen LogP contribution in [0, 0.1) is 5.82 Å². The molecule has 2 aliphatic rings. The molecule has 0 bridgehead atoms. The normalized spacial score (nSPS) is 20.3. The van der Waals surface area contributed by atoms with Crippen molar-refractivity contribution in [1.29, 1.82) is 0 Å². The van der Waals surface area contributed by atoms with Crippen LogP contribution in [0.15, 0.2) is 43.0 Å². The summed E-state index contributed by atoms with van der Waals surface area (Å²) in [7, 11) is 0. The second-order valence-corrected chi connectivity index (χ2v) is 8.66. The average molecular weight is 475 g/mol. The van der Waals surface area contributed by atoms with Crippen molar-refractivity contribution >= 4 is 29.5 Å². The van der Waals surface area contributed by atoms with Crippen molar-refractivity contribution in [2.45, 2.75) is 43.9 Å². The van der Waals surface area contributed by atoms with Gasteiger partial charge in [0, 0.05) is 18.1 Å². The smallest absolute Gasteiger partial charge is 0.416 e. The topological polar surface area (TPSA) is 85.2 Å². The third-order valence-electron chi connectivity index (χ3n) is 6.16. The van der Waals surface area contributed by atoms with Crippen LogP contribution in [0.4, 0.5) is 25.3 Å². The van der Waals surface area contributed by atoms with E-state index < -0.39 is 29.7 Å².